The summed E-state index contributed by atoms with van der Waals surface area (Å²) in [5.74, 6) is 0. The van der Waals surface area contributed by atoms with E-state index in [1.165, 1.54) is 4.31 Å². The predicted molar refractivity (Wildman–Crippen MR) is 79.1 cm³/mol. The van der Waals surface area contributed by atoms with Crippen molar-refractivity contribution in [3.63, 3.8) is 0 Å². The maximum atomic E-state index is 12.4. The Labute approximate surface area is 124 Å². The standard InChI is InChI=1S/C12H21N3O3S2/c1-4-11(12-13-9(2)10(3)19-12)14-20(16,17)15-5-7-18-8-6-15/h11,14H,4-8H2,1-3H3. The predicted octanol–water partition coefficient (Wildman–Crippen LogP) is 1.38. The van der Waals surface area contributed by atoms with E-state index in [4.69, 9.17) is 4.74 Å². The lowest BCUT2D eigenvalue weighted by Gasteiger charge is -2.27. The molecule has 0 aliphatic carbocycles. The second kappa shape index (κ2) is 6.48. The van der Waals surface area contributed by atoms with Crippen molar-refractivity contribution in [1.29, 1.82) is 0 Å². The molecule has 1 aromatic heterocycles. The Balaban J connectivity index is 2.12. The first-order valence-corrected chi connectivity index (χ1v) is 8.98. The van der Waals surface area contributed by atoms with Crippen molar-refractivity contribution >= 4 is 21.5 Å². The van der Waals surface area contributed by atoms with Crippen LogP contribution in [0, 0.1) is 13.8 Å². The van der Waals surface area contributed by atoms with Crippen LogP contribution in [0.5, 0.6) is 0 Å². The van der Waals surface area contributed by atoms with Crippen LogP contribution in [0.1, 0.15) is 35.0 Å². The zero-order valence-corrected chi connectivity index (χ0v) is 13.7. The minimum absolute atomic E-state index is 0.264. The Morgan fingerprint density at radius 2 is 2.05 bits per heavy atom. The Morgan fingerprint density at radius 1 is 1.40 bits per heavy atom. The molecule has 0 bridgehead atoms. The molecule has 0 amide bonds. The number of rotatable bonds is 5. The highest BCUT2D eigenvalue weighted by Gasteiger charge is 2.28. The van der Waals surface area contributed by atoms with Crippen molar-refractivity contribution in [3.05, 3.63) is 15.6 Å². The molecule has 0 spiro atoms. The number of aromatic nitrogens is 1. The quantitative estimate of drug-likeness (QED) is 0.890. The molecule has 114 valence electrons. The van der Waals surface area contributed by atoms with Gasteiger partial charge in [0.15, 0.2) is 0 Å². The minimum atomic E-state index is -3.48. The van der Waals surface area contributed by atoms with Gasteiger partial charge in [-0.15, -0.1) is 11.3 Å². The summed E-state index contributed by atoms with van der Waals surface area (Å²) in [4.78, 5) is 5.59. The van der Waals surface area contributed by atoms with Gasteiger partial charge in [0.05, 0.1) is 24.9 Å². The molecule has 2 heterocycles. The van der Waals surface area contributed by atoms with Gasteiger partial charge in [0.2, 0.25) is 0 Å². The molecule has 1 saturated heterocycles. The Morgan fingerprint density at radius 3 is 2.55 bits per heavy atom. The van der Waals surface area contributed by atoms with E-state index in [9.17, 15) is 8.42 Å². The summed E-state index contributed by atoms with van der Waals surface area (Å²) in [6.45, 7) is 7.61. The summed E-state index contributed by atoms with van der Waals surface area (Å²) in [7, 11) is -3.48. The molecule has 1 aliphatic rings. The van der Waals surface area contributed by atoms with Gasteiger partial charge in [-0.25, -0.2) is 4.98 Å². The van der Waals surface area contributed by atoms with Crippen LogP contribution in [0.15, 0.2) is 0 Å². The highest BCUT2D eigenvalue weighted by Crippen LogP contribution is 2.25. The first kappa shape index (κ1) is 15.8. The van der Waals surface area contributed by atoms with Crippen LogP contribution < -0.4 is 4.72 Å². The normalized spacial score (nSPS) is 19.1. The van der Waals surface area contributed by atoms with E-state index < -0.39 is 10.2 Å². The molecule has 0 saturated carbocycles. The molecule has 2 rings (SSSR count). The van der Waals surface area contributed by atoms with E-state index in [0.717, 1.165) is 15.6 Å². The lowest BCUT2D eigenvalue weighted by atomic mass is 10.2. The van der Waals surface area contributed by atoms with Crippen LogP contribution in [0.4, 0.5) is 0 Å². The molecule has 1 unspecified atom stereocenters. The van der Waals surface area contributed by atoms with Crippen molar-refractivity contribution < 1.29 is 13.2 Å². The molecule has 8 heteroatoms. The van der Waals surface area contributed by atoms with Gasteiger partial charge in [0.25, 0.3) is 10.2 Å². The van der Waals surface area contributed by atoms with Crippen LogP contribution in [0.2, 0.25) is 0 Å². The number of hydrogen-bond donors (Lipinski definition) is 1. The van der Waals surface area contributed by atoms with E-state index in [-0.39, 0.29) is 6.04 Å². The number of morpholine rings is 1. The largest absolute Gasteiger partial charge is 0.379 e. The molecular weight excluding hydrogens is 298 g/mol. The van der Waals surface area contributed by atoms with Crippen molar-refractivity contribution in [1.82, 2.24) is 14.0 Å². The van der Waals surface area contributed by atoms with Gasteiger partial charge in [-0.05, 0) is 20.3 Å². The summed E-state index contributed by atoms with van der Waals surface area (Å²) in [5, 5.41) is 0.833. The summed E-state index contributed by atoms with van der Waals surface area (Å²) in [6.07, 6.45) is 0.677. The zero-order valence-electron chi connectivity index (χ0n) is 12.0. The van der Waals surface area contributed by atoms with E-state index in [0.29, 0.717) is 32.7 Å². The smallest absolute Gasteiger partial charge is 0.280 e. The molecule has 6 nitrogen and oxygen atoms in total. The van der Waals surface area contributed by atoms with Gasteiger partial charge in [0, 0.05) is 18.0 Å². The van der Waals surface area contributed by atoms with Gasteiger partial charge in [-0.2, -0.15) is 17.4 Å². The molecule has 1 fully saturated rings. The van der Waals surface area contributed by atoms with Crippen molar-refractivity contribution in [3.8, 4) is 0 Å². The Hall–Kier alpha value is -0.540. The average Bonchev–Trinajstić information content (AvgIpc) is 2.77. The lowest BCUT2D eigenvalue weighted by molar-refractivity contribution is 0.0723. The molecule has 1 atom stereocenters. The summed E-state index contributed by atoms with van der Waals surface area (Å²) >= 11 is 1.55. The van der Waals surface area contributed by atoms with Crippen molar-refractivity contribution in [2.24, 2.45) is 0 Å². The van der Waals surface area contributed by atoms with E-state index in [1.54, 1.807) is 11.3 Å². The summed E-state index contributed by atoms with van der Waals surface area (Å²) < 4.78 is 34.1. The number of nitrogens with one attached hydrogen (secondary N) is 1. The number of ether oxygens (including phenoxy) is 1. The number of nitrogens with zero attached hydrogens (tertiary/aromatic N) is 2. The summed E-state index contributed by atoms with van der Waals surface area (Å²) in [6, 6.07) is -0.264. The highest BCUT2D eigenvalue weighted by atomic mass is 32.2. The van der Waals surface area contributed by atoms with Crippen LogP contribution in [-0.2, 0) is 14.9 Å². The van der Waals surface area contributed by atoms with Crippen LogP contribution in [0.25, 0.3) is 0 Å². The maximum absolute atomic E-state index is 12.4. The minimum Gasteiger partial charge on any atom is -0.379 e. The van der Waals surface area contributed by atoms with Crippen LogP contribution in [0.3, 0.4) is 0 Å². The zero-order chi connectivity index (χ0) is 14.8. The molecule has 0 aromatic carbocycles. The molecule has 1 aliphatic heterocycles. The lowest BCUT2D eigenvalue weighted by Crippen LogP contribution is -2.47. The maximum Gasteiger partial charge on any atom is 0.280 e. The van der Waals surface area contributed by atoms with Crippen molar-refractivity contribution in [2.45, 2.75) is 33.2 Å². The summed E-state index contributed by atoms with van der Waals surface area (Å²) in [5.41, 5.74) is 0.967. The second-order valence-electron chi connectivity index (χ2n) is 4.79. The van der Waals surface area contributed by atoms with Crippen molar-refractivity contribution in [2.75, 3.05) is 26.3 Å². The van der Waals surface area contributed by atoms with Gasteiger partial charge in [-0.3, -0.25) is 0 Å². The van der Waals surface area contributed by atoms with Crippen LogP contribution in [-0.4, -0.2) is 44.0 Å². The number of aryl methyl sites for hydroxylation is 2. The fourth-order valence-corrected chi connectivity index (χ4v) is 4.55. The average molecular weight is 319 g/mol. The molecule has 0 radical (unpaired) electrons. The van der Waals surface area contributed by atoms with Gasteiger partial charge >= 0.3 is 0 Å². The molecular formula is C12H21N3O3S2. The SMILES string of the molecule is CCC(NS(=O)(=O)N1CCOCC1)c1nc(C)c(C)s1. The van der Waals surface area contributed by atoms with E-state index >= 15 is 0 Å². The Bertz CT molecular complexity index is 531. The fourth-order valence-electron chi connectivity index (χ4n) is 2.00. The Kier molecular flexibility index (Phi) is 5.14. The second-order valence-corrected chi connectivity index (χ2v) is 7.73. The molecule has 1 N–H and O–H groups in total. The third-order valence-electron chi connectivity index (χ3n) is 3.35. The van der Waals surface area contributed by atoms with Gasteiger partial charge in [-0.1, -0.05) is 6.92 Å². The first-order valence-electron chi connectivity index (χ1n) is 6.73. The molecule has 1 aromatic rings. The number of thiazole rings is 1. The monoisotopic (exact) mass is 319 g/mol. The fraction of sp³-hybridized carbons (Fsp3) is 0.750. The first-order chi connectivity index (χ1) is 9.44. The van der Waals surface area contributed by atoms with E-state index in [2.05, 4.69) is 9.71 Å². The molecule has 20 heavy (non-hydrogen) atoms. The highest BCUT2D eigenvalue weighted by molar-refractivity contribution is 7.87. The van der Waals surface area contributed by atoms with Gasteiger partial charge < -0.3 is 4.74 Å². The van der Waals surface area contributed by atoms with Gasteiger partial charge in [0.1, 0.15) is 5.01 Å². The third kappa shape index (κ3) is 3.56. The van der Waals surface area contributed by atoms with E-state index in [1.807, 2.05) is 20.8 Å². The number of hydrogen-bond acceptors (Lipinski definition) is 5. The van der Waals surface area contributed by atoms with Crippen LogP contribution >= 0.6 is 11.3 Å². The topological polar surface area (TPSA) is 71.5 Å². The third-order valence-corrected chi connectivity index (χ3v) is 6.17.